The van der Waals surface area contributed by atoms with Gasteiger partial charge >= 0.3 is 5.97 Å². The van der Waals surface area contributed by atoms with E-state index < -0.39 is 29.6 Å². The Hall–Kier alpha value is -3.02. The number of rotatable bonds is 5. The summed E-state index contributed by atoms with van der Waals surface area (Å²) in [5, 5.41) is 2.50. The number of nitrogens with one attached hydrogen (secondary N) is 1. The molecule has 0 spiro atoms. The largest absolute Gasteiger partial charge is 0.449 e. The van der Waals surface area contributed by atoms with E-state index in [0.29, 0.717) is 11.3 Å². The van der Waals surface area contributed by atoms with Gasteiger partial charge in [-0.2, -0.15) is 0 Å². The number of hydrogen-bond donors (Lipinski definition) is 1. The summed E-state index contributed by atoms with van der Waals surface area (Å²) in [6.07, 6.45) is 1.45. The summed E-state index contributed by atoms with van der Waals surface area (Å²) in [5.41, 5.74) is 0.884. The third kappa shape index (κ3) is 5.31. The maximum Gasteiger partial charge on any atom is 0.331 e. The number of halogens is 2. The molecule has 0 saturated heterocycles. The van der Waals surface area contributed by atoms with Crippen molar-refractivity contribution in [2.24, 2.45) is 0 Å². The van der Waals surface area contributed by atoms with Gasteiger partial charge < -0.3 is 10.1 Å². The SMILES string of the molecule is C[C@H](OC(=O)/C=C/c1cccc(F)c1)C(=O)Nc1ccc(F)cc1. The lowest BCUT2D eigenvalue weighted by Gasteiger charge is -2.12. The van der Waals surface area contributed by atoms with Crippen LogP contribution in [-0.4, -0.2) is 18.0 Å². The van der Waals surface area contributed by atoms with Gasteiger partial charge in [-0.15, -0.1) is 0 Å². The highest BCUT2D eigenvalue weighted by molar-refractivity contribution is 5.96. The Morgan fingerprint density at radius 3 is 2.46 bits per heavy atom. The fourth-order valence-corrected chi connectivity index (χ4v) is 1.82. The molecule has 0 saturated carbocycles. The van der Waals surface area contributed by atoms with Crippen molar-refractivity contribution in [3.63, 3.8) is 0 Å². The van der Waals surface area contributed by atoms with Crippen LogP contribution >= 0.6 is 0 Å². The zero-order chi connectivity index (χ0) is 17.5. The molecule has 2 aromatic rings. The van der Waals surface area contributed by atoms with E-state index in [-0.39, 0.29) is 0 Å². The molecule has 0 aromatic heterocycles. The number of benzene rings is 2. The zero-order valence-electron chi connectivity index (χ0n) is 12.8. The summed E-state index contributed by atoms with van der Waals surface area (Å²) >= 11 is 0. The van der Waals surface area contributed by atoms with Crippen molar-refractivity contribution in [3.8, 4) is 0 Å². The van der Waals surface area contributed by atoms with E-state index in [4.69, 9.17) is 4.74 Å². The Balaban J connectivity index is 1.88. The number of anilines is 1. The smallest absolute Gasteiger partial charge is 0.331 e. The summed E-state index contributed by atoms with van der Waals surface area (Å²) in [6.45, 7) is 1.41. The van der Waals surface area contributed by atoms with Gasteiger partial charge in [0.25, 0.3) is 5.91 Å². The number of amides is 1. The molecule has 0 fully saturated rings. The van der Waals surface area contributed by atoms with Gasteiger partial charge in [0.15, 0.2) is 6.10 Å². The van der Waals surface area contributed by atoms with E-state index in [1.807, 2.05) is 0 Å². The summed E-state index contributed by atoms with van der Waals surface area (Å²) in [6, 6.07) is 10.9. The lowest BCUT2D eigenvalue weighted by molar-refractivity contribution is -0.148. The molecular formula is C18H15F2NO3. The number of carbonyl (C=O) groups is 2. The van der Waals surface area contributed by atoms with Crippen LogP contribution in [0.5, 0.6) is 0 Å². The van der Waals surface area contributed by atoms with E-state index in [1.54, 1.807) is 6.07 Å². The van der Waals surface area contributed by atoms with Crippen LogP contribution in [0.15, 0.2) is 54.6 Å². The standard InChI is InChI=1S/C18H15F2NO3/c1-12(18(23)21-16-8-6-14(19)7-9-16)24-17(22)10-5-13-3-2-4-15(20)11-13/h2-12H,1H3,(H,21,23)/b10-5+/t12-/m0/s1. The van der Waals surface area contributed by atoms with Crippen LogP contribution in [-0.2, 0) is 14.3 Å². The van der Waals surface area contributed by atoms with E-state index in [9.17, 15) is 18.4 Å². The Morgan fingerprint density at radius 1 is 1.08 bits per heavy atom. The van der Waals surface area contributed by atoms with Gasteiger partial charge in [-0.05, 0) is 55.0 Å². The third-order valence-corrected chi connectivity index (χ3v) is 3.03. The van der Waals surface area contributed by atoms with E-state index in [1.165, 1.54) is 55.5 Å². The van der Waals surface area contributed by atoms with E-state index >= 15 is 0 Å². The lowest BCUT2D eigenvalue weighted by Crippen LogP contribution is -2.29. The summed E-state index contributed by atoms with van der Waals surface area (Å²) in [4.78, 5) is 23.6. The highest BCUT2D eigenvalue weighted by Crippen LogP contribution is 2.10. The molecule has 24 heavy (non-hydrogen) atoms. The molecule has 1 N–H and O–H groups in total. The van der Waals surface area contributed by atoms with Crippen molar-refractivity contribution in [1.29, 1.82) is 0 Å². The van der Waals surface area contributed by atoms with Crippen molar-refractivity contribution in [2.45, 2.75) is 13.0 Å². The fourth-order valence-electron chi connectivity index (χ4n) is 1.82. The average Bonchev–Trinajstić information content (AvgIpc) is 2.55. The molecule has 0 aliphatic heterocycles. The zero-order valence-corrected chi connectivity index (χ0v) is 12.8. The van der Waals surface area contributed by atoms with Crippen LogP contribution in [0.4, 0.5) is 14.5 Å². The molecule has 1 atom stereocenters. The minimum absolute atomic E-state index is 0.389. The second-order valence-corrected chi connectivity index (χ2v) is 4.96. The number of ether oxygens (including phenoxy) is 1. The molecule has 0 heterocycles. The molecule has 0 radical (unpaired) electrons. The predicted molar refractivity (Wildman–Crippen MR) is 86.0 cm³/mol. The van der Waals surface area contributed by atoms with Gasteiger partial charge in [0.2, 0.25) is 0 Å². The van der Waals surface area contributed by atoms with Crippen molar-refractivity contribution in [3.05, 3.63) is 71.8 Å². The minimum atomic E-state index is -1.04. The van der Waals surface area contributed by atoms with Crippen LogP contribution < -0.4 is 5.32 Å². The second kappa shape index (κ2) is 8.01. The monoisotopic (exact) mass is 331 g/mol. The highest BCUT2D eigenvalue weighted by atomic mass is 19.1. The predicted octanol–water partition coefficient (Wildman–Crippen LogP) is 3.55. The van der Waals surface area contributed by atoms with Crippen LogP contribution in [0.3, 0.4) is 0 Å². The van der Waals surface area contributed by atoms with Gasteiger partial charge in [-0.25, -0.2) is 13.6 Å². The van der Waals surface area contributed by atoms with Gasteiger partial charge in [-0.1, -0.05) is 12.1 Å². The van der Waals surface area contributed by atoms with Crippen molar-refractivity contribution in [1.82, 2.24) is 0 Å². The number of esters is 1. The fraction of sp³-hybridized carbons (Fsp3) is 0.111. The molecule has 124 valence electrons. The first-order valence-corrected chi connectivity index (χ1v) is 7.15. The van der Waals surface area contributed by atoms with Crippen LogP contribution in [0, 0.1) is 11.6 Å². The molecule has 0 bridgehead atoms. The van der Waals surface area contributed by atoms with Crippen LogP contribution in [0.2, 0.25) is 0 Å². The van der Waals surface area contributed by atoms with Gasteiger partial charge in [-0.3, -0.25) is 4.79 Å². The minimum Gasteiger partial charge on any atom is -0.449 e. The topological polar surface area (TPSA) is 55.4 Å². The Bertz CT molecular complexity index is 757. The maximum atomic E-state index is 13.0. The highest BCUT2D eigenvalue weighted by Gasteiger charge is 2.16. The first-order valence-electron chi connectivity index (χ1n) is 7.15. The Kier molecular flexibility index (Phi) is 5.78. The van der Waals surface area contributed by atoms with Crippen molar-refractivity contribution >= 4 is 23.6 Å². The maximum absolute atomic E-state index is 13.0. The number of hydrogen-bond acceptors (Lipinski definition) is 3. The summed E-state index contributed by atoms with van der Waals surface area (Å²) in [5.74, 6) is -2.12. The van der Waals surface area contributed by atoms with Gasteiger partial charge in [0.1, 0.15) is 11.6 Å². The van der Waals surface area contributed by atoms with E-state index in [2.05, 4.69) is 5.32 Å². The molecular weight excluding hydrogens is 316 g/mol. The molecule has 6 heteroatoms. The lowest BCUT2D eigenvalue weighted by atomic mass is 10.2. The van der Waals surface area contributed by atoms with Crippen molar-refractivity contribution < 1.29 is 23.1 Å². The molecule has 0 unspecified atom stereocenters. The Morgan fingerprint density at radius 2 is 1.79 bits per heavy atom. The molecule has 4 nitrogen and oxygen atoms in total. The van der Waals surface area contributed by atoms with Crippen LogP contribution in [0.25, 0.3) is 6.08 Å². The first-order chi connectivity index (χ1) is 11.4. The quantitative estimate of drug-likeness (QED) is 0.673. The normalized spacial score (nSPS) is 12.0. The summed E-state index contributed by atoms with van der Waals surface area (Å²) < 4.78 is 30.8. The average molecular weight is 331 g/mol. The van der Waals surface area contributed by atoms with Crippen molar-refractivity contribution in [2.75, 3.05) is 5.32 Å². The molecule has 2 aromatic carbocycles. The third-order valence-electron chi connectivity index (χ3n) is 3.03. The summed E-state index contributed by atoms with van der Waals surface area (Å²) in [7, 11) is 0. The van der Waals surface area contributed by atoms with Gasteiger partial charge in [0, 0.05) is 11.8 Å². The van der Waals surface area contributed by atoms with Gasteiger partial charge in [0.05, 0.1) is 0 Å². The Labute approximate surface area is 137 Å². The second-order valence-electron chi connectivity index (χ2n) is 4.96. The van der Waals surface area contributed by atoms with Crippen LogP contribution in [0.1, 0.15) is 12.5 Å². The first kappa shape index (κ1) is 17.3. The molecule has 0 aliphatic rings. The van der Waals surface area contributed by atoms with E-state index in [0.717, 1.165) is 6.08 Å². The molecule has 0 aliphatic carbocycles. The number of carbonyl (C=O) groups excluding carboxylic acids is 2. The molecule has 2 rings (SSSR count). The molecule has 1 amide bonds.